The standard InChI is InChI=1S/C19H18N6O5S3.Na/c1-8-11(33-7-21-8)4-3-9-5-31-17-13(16(27)25(17)14(9)18(28)29)23-15(26)12(24-30-2)10-6-32-19(20)22-10;/h3-4,6-7,13,17H,5H2,1-2H3,(H2,20,22)(H,23,26)(H,28,29);/b4-3-,24-12-;/t13-,17-;/m1./s1. The van der Waals surface area contributed by atoms with Gasteiger partial charge in [-0.05, 0) is 18.6 Å². The first kappa shape index (κ1) is 26.4. The minimum atomic E-state index is -1.21. The zero-order chi connectivity index (χ0) is 23.7. The maximum absolute atomic E-state index is 12.9. The Labute approximate surface area is 228 Å². The molecule has 34 heavy (non-hydrogen) atoms. The molecule has 4 heterocycles. The smallest absolute Gasteiger partial charge is 0.352 e. The Morgan fingerprint density at radius 3 is 2.74 bits per heavy atom. The van der Waals surface area contributed by atoms with Crippen LogP contribution in [0, 0.1) is 6.92 Å². The number of aliphatic carboxylic acids is 1. The van der Waals surface area contributed by atoms with Gasteiger partial charge in [-0.15, -0.1) is 34.4 Å². The van der Waals surface area contributed by atoms with Crippen LogP contribution < -0.4 is 11.1 Å². The summed E-state index contributed by atoms with van der Waals surface area (Å²) in [4.78, 5) is 52.7. The van der Waals surface area contributed by atoms with Crippen LogP contribution in [0.2, 0.25) is 0 Å². The van der Waals surface area contributed by atoms with Crippen LogP contribution in [-0.2, 0) is 19.2 Å². The third kappa shape index (κ3) is 5.06. The summed E-state index contributed by atoms with van der Waals surface area (Å²) >= 11 is 3.94. The number of nitrogens with zero attached hydrogens (tertiary/aromatic N) is 4. The van der Waals surface area contributed by atoms with Crippen molar-refractivity contribution >= 4 is 98.7 Å². The van der Waals surface area contributed by atoms with Gasteiger partial charge in [0, 0.05) is 45.6 Å². The van der Waals surface area contributed by atoms with Crippen LogP contribution in [0.4, 0.5) is 5.13 Å². The van der Waals surface area contributed by atoms with Gasteiger partial charge in [0.1, 0.15) is 29.9 Å². The van der Waals surface area contributed by atoms with E-state index in [1.807, 2.05) is 6.92 Å². The molecule has 11 nitrogen and oxygen atoms in total. The molecule has 2 aliphatic heterocycles. The van der Waals surface area contributed by atoms with Crippen LogP contribution in [0.5, 0.6) is 0 Å². The number of fused-ring (bicyclic) bond motifs is 1. The van der Waals surface area contributed by atoms with Gasteiger partial charge in [-0.3, -0.25) is 14.5 Å². The van der Waals surface area contributed by atoms with Crippen molar-refractivity contribution in [1.82, 2.24) is 20.2 Å². The Bertz CT molecular complexity index is 1220. The van der Waals surface area contributed by atoms with Crippen LogP contribution in [0.3, 0.4) is 0 Å². The van der Waals surface area contributed by atoms with Crippen LogP contribution in [-0.4, -0.2) is 97.3 Å². The number of hydrogen-bond acceptors (Lipinski definition) is 11. The van der Waals surface area contributed by atoms with Crippen LogP contribution in [0.1, 0.15) is 16.3 Å². The fraction of sp³-hybridized carbons (Fsp3) is 0.263. The number of nitrogens with one attached hydrogen (secondary N) is 1. The fourth-order valence-electron chi connectivity index (χ4n) is 3.32. The summed E-state index contributed by atoms with van der Waals surface area (Å²) in [7, 11) is 1.28. The number of aryl methyl sites for hydroxylation is 1. The molecule has 0 spiro atoms. The first-order chi connectivity index (χ1) is 15.8. The van der Waals surface area contributed by atoms with Gasteiger partial charge >= 0.3 is 5.97 Å². The number of rotatable bonds is 7. The second-order valence-corrected chi connectivity index (χ2v) is 9.75. The molecule has 2 amide bonds. The third-order valence-electron chi connectivity index (χ3n) is 4.87. The van der Waals surface area contributed by atoms with Crippen molar-refractivity contribution in [3.8, 4) is 0 Å². The van der Waals surface area contributed by atoms with E-state index >= 15 is 0 Å². The van der Waals surface area contributed by atoms with Gasteiger partial charge in [0.2, 0.25) is 0 Å². The Hall–Kier alpha value is -2.23. The van der Waals surface area contributed by atoms with Crippen molar-refractivity contribution in [2.45, 2.75) is 18.3 Å². The summed E-state index contributed by atoms with van der Waals surface area (Å²) in [5.41, 5.74) is 8.68. The second kappa shape index (κ2) is 11.0. The zero-order valence-corrected chi connectivity index (χ0v) is 22.8. The Balaban J connectivity index is 0.00000324. The van der Waals surface area contributed by atoms with Crippen LogP contribution >= 0.6 is 34.4 Å². The number of thioether (sulfide) groups is 1. The first-order valence-corrected chi connectivity index (χ1v) is 12.2. The molecule has 0 aromatic carbocycles. The normalized spacial score (nSPS) is 20.0. The molecule has 173 valence electrons. The van der Waals surface area contributed by atoms with E-state index in [0.717, 1.165) is 21.9 Å². The number of oxime groups is 1. The molecule has 2 aliphatic rings. The minimum Gasteiger partial charge on any atom is -0.477 e. The van der Waals surface area contributed by atoms with E-state index in [2.05, 4.69) is 20.4 Å². The summed E-state index contributed by atoms with van der Waals surface area (Å²) in [6.07, 6.45) is 3.49. The molecule has 0 bridgehead atoms. The van der Waals surface area contributed by atoms with Crippen molar-refractivity contribution in [1.29, 1.82) is 0 Å². The topological polar surface area (TPSA) is 160 Å². The number of carbonyl (C=O) groups excluding carboxylic acids is 2. The predicted molar refractivity (Wildman–Crippen MR) is 131 cm³/mol. The number of carboxylic acids is 1. The summed E-state index contributed by atoms with van der Waals surface area (Å²) in [5, 5.41) is 17.4. The van der Waals surface area contributed by atoms with Gasteiger partial charge < -0.3 is 21.0 Å². The number of hydrogen-bond donors (Lipinski definition) is 3. The summed E-state index contributed by atoms with van der Waals surface area (Å²) in [6.45, 7) is 1.86. The number of β-lactam (4-membered cyclic amide) rings is 1. The number of carboxylic acid groups (broad SMARTS) is 1. The molecule has 1 saturated heterocycles. The summed E-state index contributed by atoms with van der Waals surface area (Å²) in [6, 6.07) is -0.913. The molecule has 1 radical (unpaired) electrons. The number of anilines is 1. The number of nitrogens with two attached hydrogens (primary N) is 1. The van der Waals surface area contributed by atoms with Gasteiger partial charge in [0.25, 0.3) is 11.8 Å². The van der Waals surface area contributed by atoms with Crippen molar-refractivity contribution in [2.24, 2.45) is 5.16 Å². The second-order valence-electron chi connectivity index (χ2n) is 6.87. The zero-order valence-electron chi connectivity index (χ0n) is 18.3. The number of amides is 2. The molecule has 4 rings (SSSR count). The Morgan fingerprint density at radius 2 is 2.15 bits per heavy atom. The molecule has 0 unspecified atom stereocenters. The number of nitrogen functional groups attached to an aromatic ring is 1. The van der Waals surface area contributed by atoms with Gasteiger partial charge in [-0.25, -0.2) is 14.8 Å². The third-order valence-corrected chi connectivity index (χ3v) is 7.74. The fourth-order valence-corrected chi connectivity index (χ4v) is 5.88. The molecular formula is C19H18N6NaO5S3. The molecule has 4 N–H and O–H groups in total. The monoisotopic (exact) mass is 529 g/mol. The molecule has 0 saturated carbocycles. The van der Waals surface area contributed by atoms with E-state index in [-0.39, 0.29) is 51.8 Å². The number of thiazole rings is 2. The van der Waals surface area contributed by atoms with E-state index < -0.39 is 29.2 Å². The van der Waals surface area contributed by atoms with Crippen LogP contribution in [0.25, 0.3) is 6.08 Å². The van der Waals surface area contributed by atoms with Gasteiger partial charge in [-0.2, -0.15) is 0 Å². The largest absolute Gasteiger partial charge is 0.477 e. The van der Waals surface area contributed by atoms with E-state index in [9.17, 15) is 19.5 Å². The van der Waals surface area contributed by atoms with E-state index in [4.69, 9.17) is 10.6 Å². The van der Waals surface area contributed by atoms with Crippen molar-refractivity contribution in [3.05, 3.63) is 44.5 Å². The van der Waals surface area contributed by atoms with Gasteiger partial charge in [-0.1, -0.05) is 11.2 Å². The van der Waals surface area contributed by atoms with Gasteiger partial charge in [0.05, 0.1) is 11.2 Å². The Morgan fingerprint density at radius 1 is 1.38 bits per heavy atom. The first-order valence-electron chi connectivity index (χ1n) is 9.44. The molecule has 2 aromatic rings. The molecule has 15 heteroatoms. The van der Waals surface area contributed by atoms with Crippen molar-refractivity contribution < 1.29 is 24.3 Å². The number of aromatic nitrogens is 2. The molecule has 2 aromatic heterocycles. The summed E-state index contributed by atoms with van der Waals surface area (Å²) < 4.78 is 0. The quantitative estimate of drug-likeness (QED) is 0.205. The average molecular weight is 530 g/mol. The number of carbonyl (C=O) groups is 3. The maximum atomic E-state index is 12.9. The molecule has 2 atom stereocenters. The average Bonchev–Trinajstić information content (AvgIpc) is 3.40. The van der Waals surface area contributed by atoms with Gasteiger partial charge in [0.15, 0.2) is 10.8 Å². The van der Waals surface area contributed by atoms with Crippen molar-refractivity contribution in [3.63, 3.8) is 0 Å². The number of allylic oxidation sites excluding steroid dienone is 1. The summed E-state index contributed by atoms with van der Waals surface area (Å²) in [5.74, 6) is -2.04. The molecule has 0 aliphatic carbocycles. The minimum absolute atomic E-state index is 0. The maximum Gasteiger partial charge on any atom is 0.352 e. The molecule has 1 fully saturated rings. The Kier molecular flexibility index (Phi) is 8.54. The van der Waals surface area contributed by atoms with Crippen molar-refractivity contribution in [2.75, 3.05) is 18.6 Å². The molecular weight excluding hydrogens is 511 g/mol. The SMILES string of the molecule is CO/N=C(\C(=O)N[C@@H]1C(=O)N2C(C(=O)O)=C(/C=C\c3scnc3C)CS[C@H]12)c1csc(N)n1.[Na]. The predicted octanol–water partition coefficient (Wildman–Crippen LogP) is 0.912. The van der Waals surface area contributed by atoms with E-state index in [1.165, 1.54) is 35.1 Å². The van der Waals surface area contributed by atoms with E-state index in [0.29, 0.717) is 11.3 Å². The van der Waals surface area contributed by atoms with Crippen LogP contribution in [0.15, 0.2) is 33.4 Å². The van der Waals surface area contributed by atoms with E-state index in [1.54, 1.807) is 23.0 Å².